The summed E-state index contributed by atoms with van der Waals surface area (Å²) in [6.07, 6.45) is 1.71. The number of carbonyl (C=O) groups is 1. The number of amides is 1. The van der Waals surface area contributed by atoms with E-state index in [0.717, 1.165) is 5.56 Å². The van der Waals surface area contributed by atoms with E-state index in [4.69, 9.17) is 0 Å². The van der Waals surface area contributed by atoms with Gasteiger partial charge in [-0.3, -0.25) is 4.79 Å². The molecule has 3 aromatic rings. The quantitative estimate of drug-likeness (QED) is 0.703. The van der Waals surface area contributed by atoms with Crippen LogP contribution < -0.4 is 5.32 Å². The minimum absolute atomic E-state index is 0.155. The van der Waals surface area contributed by atoms with E-state index >= 15 is 0 Å². The summed E-state index contributed by atoms with van der Waals surface area (Å²) < 4.78 is 1.57. The highest BCUT2D eigenvalue weighted by molar-refractivity contribution is 7.08. The molecule has 0 aliphatic rings. The molecule has 2 heterocycles. The van der Waals surface area contributed by atoms with E-state index < -0.39 is 0 Å². The van der Waals surface area contributed by atoms with Crippen LogP contribution >= 0.6 is 11.3 Å². The minimum atomic E-state index is -0.252. The fourth-order valence-corrected chi connectivity index (χ4v) is 2.78. The van der Waals surface area contributed by atoms with Crippen molar-refractivity contribution in [1.82, 2.24) is 20.2 Å². The normalized spacial score (nSPS) is 12.0. The van der Waals surface area contributed by atoms with Gasteiger partial charge in [0.05, 0.1) is 12.5 Å². The molecule has 0 bridgehead atoms. The van der Waals surface area contributed by atoms with Gasteiger partial charge in [0.2, 0.25) is 5.91 Å². The Hall–Kier alpha value is -2.74. The van der Waals surface area contributed by atoms with Crippen molar-refractivity contribution in [3.63, 3.8) is 0 Å². The first kappa shape index (κ1) is 14.2. The predicted molar refractivity (Wildman–Crippen MR) is 81.6 cm³/mol. The number of aromatic nitrogens is 4. The van der Waals surface area contributed by atoms with Crippen molar-refractivity contribution in [3.05, 3.63) is 53.0 Å². The highest BCUT2D eigenvalue weighted by Gasteiger charge is 2.19. The number of aromatic hydroxyl groups is 1. The summed E-state index contributed by atoms with van der Waals surface area (Å²) in [4.78, 5) is 12.2. The zero-order chi connectivity index (χ0) is 15.4. The Balaban J connectivity index is 1.73. The standard InChI is InChI=1S/C14H13N5O2S/c20-12-3-1-11(2-4-12)16-14(21)7-13(10-5-6-22-8-10)19-9-15-17-18-19/h1-6,8-9,13,20H,7H2,(H,16,21)/t13-/m1/s1. The molecule has 8 heteroatoms. The number of phenolic OH excluding ortho intramolecular Hbond substituents is 1. The van der Waals surface area contributed by atoms with E-state index in [1.54, 1.807) is 28.2 Å². The summed E-state index contributed by atoms with van der Waals surface area (Å²) in [5.41, 5.74) is 1.61. The van der Waals surface area contributed by atoms with Gasteiger partial charge in [0.1, 0.15) is 12.1 Å². The number of benzene rings is 1. The zero-order valence-corrected chi connectivity index (χ0v) is 12.3. The van der Waals surface area contributed by atoms with E-state index in [1.165, 1.54) is 18.5 Å². The molecular formula is C14H13N5O2S. The maximum absolute atomic E-state index is 12.2. The van der Waals surface area contributed by atoms with Gasteiger partial charge >= 0.3 is 0 Å². The Kier molecular flexibility index (Phi) is 4.10. The average molecular weight is 315 g/mol. The van der Waals surface area contributed by atoms with Crippen LogP contribution in [0, 0.1) is 0 Å². The van der Waals surface area contributed by atoms with Crippen LogP contribution in [0.1, 0.15) is 18.0 Å². The Morgan fingerprint density at radius 3 is 2.77 bits per heavy atom. The fraction of sp³-hybridized carbons (Fsp3) is 0.143. The number of hydrogen-bond donors (Lipinski definition) is 2. The molecular weight excluding hydrogens is 302 g/mol. The summed E-state index contributed by atoms with van der Waals surface area (Å²) >= 11 is 1.56. The molecule has 0 saturated heterocycles. The molecule has 7 nitrogen and oxygen atoms in total. The lowest BCUT2D eigenvalue weighted by Crippen LogP contribution is -2.20. The molecule has 112 valence electrons. The van der Waals surface area contributed by atoms with Gasteiger partial charge in [-0.15, -0.1) is 5.10 Å². The van der Waals surface area contributed by atoms with Crippen molar-refractivity contribution in [2.24, 2.45) is 0 Å². The van der Waals surface area contributed by atoms with Crippen molar-refractivity contribution in [3.8, 4) is 5.75 Å². The molecule has 22 heavy (non-hydrogen) atoms. The lowest BCUT2D eigenvalue weighted by atomic mass is 10.1. The first-order chi connectivity index (χ1) is 10.7. The summed E-state index contributed by atoms with van der Waals surface area (Å²) in [5, 5.41) is 27.1. The maximum Gasteiger partial charge on any atom is 0.226 e. The summed E-state index contributed by atoms with van der Waals surface area (Å²) in [6, 6.07) is 8.03. The van der Waals surface area contributed by atoms with Crippen LogP contribution in [0.4, 0.5) is 5.69 Å². The van der Waals surface area contributed by atoms with Gasteiger partial charge in [0.15, 0.2) is 0 Å². The topological polar surface area (TPSA) is 92.9 Å². The molecule has 1 amide bonds. The molecule has 2 aromatic heterocycles. The number of phenols is 1. The maximum atomic E-state index is 12.2. The number of anilines is 1. The van der Waals surface area contributed by atoms with Gasteiger partial charge in [0.25, 0.3) is 0 Å². The highest BCUT2D eigenvalue weighted by Crippen LogP contribution is 2.24. The first-order valence-electron chi connectivity index (χ1n) is 6.56. The number of tetrazole rings is 1. The molecule has 1 aromatic carbocycles. The molecule has 0 fully saturated rings. The van der Waals surface area contributed by atoms with Gasteiger partial charge in [0, 0.05) is 5.69 Å². The second kappa shape index (κ2) is 6.35. The number of thiophene rings is 1. The Morgan fingerprint density at radius 1 is 1.32 bits per heavy atom. The van der Waals surface area contributed by atoms with Crippen LogP contribution in [0.25, 0.3) is 0 Å². The number of rotatable bonds is 5. The van der Waals surface area contributed by atoms with Crippen LogP contribution in [-0.2, 0) is 4.79 Å². The lowest BCUT2D eigenvalue weighted by Gasteiger charge is -2.15. The fourth-order valence-electron chi connectivity index (χ4n) is 2.07. The Bertz CT molecular complexity index is 691. The van der Waals surface area contributed by atoms with E-state index in [1.807, 2.05) is 16.8 Å². The van der Waals surface area contributed by atoms with Gasteiger partial charge in [-0.25, -0.2) is 4.68 Å². The SMILES string of the molecule is O=C(C[C@H](c1ccsc1)n1cnnn1)Nc1ccc(O)cc1. The first-order valence-corrected chi connectivity index (χ1v) is 7.50. The zero-order valence-electron chi connectivity index (χ0n) is 11.5. The molecule has 0 unspecified atom stereocenters. The number of nitrogens with one attached hydrogen (secondary N) is 1. The summed E-state index contributed by atoms with van der Waals surface area (Å²) in [5.74, 6) is 0.000211. The van der Waals surface area contributed by atoms with Crippen molar-refractivity contribution in [2.75, 3.05) is 5.32 Å². The largest absolute Gasteiger partial charge is 0.508 e. The van der Waals surface area contributed by atoms with Gasteiger partial charge in [-0.2, -0.15) is 11.3 Å². The summed E-state index contributed by atoms with van der Waals surface area (Å²) in [6.45, 7) is 0. The minimum Gasteiger partial charge on any atom is -0.508 e. The highest BCUT2D eigenvalue weighted by atomic mass is 32.1. The summed E-state index contributed by atoms with van der Waals surface area (Å²) in [7, 11) is 0. The monoisotopic (exact) mass is 315 g/mol. The van der Waals surface area contributed by atoms with E-state index in [-0.39, 0.29) is 24.1 Å². The third-order valence-electron chi connectivity index (χ3n) is 3.14. The van der Waals surface area contributed by atoms with Crippen molar-refractivity contribution >= 4 is 22.9 Å². The molecule has 0 aliphatic heterocycles. The Morgan fingerprint density at radius 2 is 2.14 bits per heavy atom. The molecule has 1 atom stereocenters. The molecule has 3 rings (SSSR count). The van der Waals surface area contributed by atoms with Crippen molar-refractivity contribution in [2.45, 2.75) is 12.5 Å². The number of hydrogen-bond acceptors (Lipinski definition) is 6. The Labute approximate surface area is 130 Å². The van der Waals surface area contributed by atoms with Gasteiger partial charge < -0.3 is 10.4 Å². The van der Waals surface area contributed by atoms with Gasteiger partial charge in [-0.1, -0.05) is 0 Å². The van der Waals surface area contributed by atoms with Crippen LogP contribution in [0.2, 0.25) is 0 Å². The average Bonchev–Trinajstić information content (AvgIpc) is 3.21. The van der Waals surface area contributed by atoms with Crippen LogP contribution in [0.3, 0.4) is 0 Å². The molecule has 0 aliphatic carbocycles. The van der Waals surface area contributed by atoms with Crippen LogP contribution in [-0.4, -0.2) is 31.2 Å². The van der Waals surface area contributed by atoms with Crippen LogP contribution in [0.5, 0.6) is 5.75 Å². The second-order valence-electron chi connectivity index (χ2n) is 4.66. The molecule has 0 radical (unpaired) electrons. The van der Waals surface area contributed by atoms with Gasteiger partial charge in [-0.05, 0) is 57.1 Å². The van der Waals surface area contributed by atoms with E-state index in [9.17, 15) is 9.90 Å². The second-order valence-corrected chi connectivity index (χ2v) is 5.44. The van der Waals surface area contributed by atoms with Crippen molar-refractivity contribution in [1.29, 1.82) is 0 Å². The van der Waals surface area contributed by atoms with Crippen LogP contribution in [0.15, 0.2) is 47.4 Å². The lowest BCUT2D eigenvalue weighted by molar-refractivity contribution is -0.116. The molecule has 0 saturated carbocycles. The van der Waals surface area contributed by atoms with E-state index in [2.05, 4.69) is 20.8 Å². The number of carbonyl (C=O) groups excluding carboxylic acids is 1. The third kappa shape index (κ3) is 3.29. The van der Waals surface area contributed by atoms with Crippen molar-refractivity contribution < 1.29 is 9.90 Å². The molecule has 2 N–H and O–H groups in total. The molecule has 0 spiro atoms. The number of nitrogens with zero attached hydrogens (tertiary/aromatic N) is 4. The predicted octanol–water partition coefficient (Wildman–Crippen LogP) is 2.06. The van der Waals surface area contributed by atoms with E-state index in [0.29, 0.717) is 5.69 Å². The smallest absolute Gasteiger partial charge is 0.226 e. The third-order valence-corrected chi connectivity index (χ3v) is 3.84.